The lowest BCUT2D eigenvalue weighted by Gasteiger charge is -2.17. The van der Waals surface area contributed by atoms with E-state index < -0.39 is 12.0 Å². The van der Waals surface area contributed by atoms with Crippen LogP contribution in [0, 0.1) is 0 Å². The summed E-state index contributed by atoms with van der Waals surface area (Å²) in [5, 5.41) is 2.74. The van der Waals surface area contributed by atoms with Crippen LogP contribution < -0.4 is 14.8 Å². The van der Waals surface area contributed by atoms with E-state index in [9.17, 15) is 9.59 Å². The van der Waals surface area contributed by atoms with E-state index in [0.29, 0.717) is 23.5 Å². The zero-order valence-electron chi connectivity index (χ0n) is 13.9. The number of hydrogen-bond acceptors (Lipinski definition) is 5. The molecule has 1 amide bonds. The van der Waals surface area contributed by atoms with Crippen LogP contribution in [0.3, 0.4) is 0 Å². The highest BCUT2D eigenvalue weighted by Crippen LogP contribution is 2.32. The van der Waals surface area contributed by atoms with Crippen LogP contribution in [-0.2, 0) is 20.7 Å². The van der Waals surface area contributed by atoms with Crippen LogP contribution >= 0.6 is 0 Å². The average molecular weight is 341 g/mol. The summed E-state index contributed by atoms with van der Waals surface area (Å²) in [6, 6.07) is 13.8. The van der Waals surface area contributed by atoms with Crippen LogP contribution in [-0.4, -0.2) is 25.8 Å². The van der Waals surface area contributed by atoms with Crippen molar-refractivity contribution in [2.75, 3.05) is 13.9 Å². The smallest absolute Gasteiger partial charge is 0.333 e. The molecule has 2 aromatic carbocycles. The number of benzene rings is 2. The van der Waals surface area contributed by atoms with Crippen molar-refractivity contribution in [3.8, 4) is 11.5 Å². The third-order valence-electron chi connectivity index (χ3n) is 3.95. The minimum absolute atomic E-state index is 0.219. The Balaban J connectivity index is 1.61. The quantitative estimate of drug-likeness (QED) is 0.817. The molecule has 2 aromatic rings. The molecular formula is C19H19NO5. The molecule has 0 fully saturated rings. The Labute approximate surface area is 145 Å². The molecule has 0 aromatic heterocycles. The highest BCUT2D eigenvalue weighted by molar-refractivity contribution is 5.85. The van der Waals surface area contributed by atoms with Gasteiger partial charge in [0, 0.05) is 6.42 Å². The lowest BCUT2D eigenvalue weighted by atomic mass is 10.1. The van der Waals surface area contributed by atoms with Crippen molar-refractivity contribution in [3.63, 3.8) is 0 Å². The summed E-state index contributed by atoms with van der Waals surface area (Å²) in [4.78, 5) is 24.3. The van der Waals surface area contributed by atoms with Crippen LogP contribution in [0.2, 0.25) is 0 Å². The summed E-state index contributed by atoms with van der Waals surface area (Å²) in [5.74, 6) is 0.678. The molecule has 130 valence electrons. The van der Waals surface area contributed by atoms with E-state index in [0.717, 1.165) is 5.56 Å². The fourth-order valence-electron chi connectivity index (χ4n) is 2.63. The van der Waals surface area contributed by atoms with E-state index in [1.54, 1.807) is 12.1 Å². The minimum atomic E-state index is -0.810. The molecule has 1 aliphatic rings. The van der Waals surface area contributed by atoms with Gasteiger partial charge >= 0.3 is 5.97 Å². The fourth-order valence-corrected chi connectivity index (χ4v) is 2.63. The Morgan fingerprint density at radius 1 is 1.12 bits per heavy atom. The van der Waals surface area contributed by atoms with Crippen LogP contribution in [0.15, 0.2) is 48.5 Å². The molecule has 1 heterocycles. The number of rotatable bonds is 6. The van der Waals surface area contributed by atoms with Gasteiger partial charge in [-0.3, -0.25) is 4.79 Å². The molecule has 0 saturated heterocycles. The summed E-state index contributed by atoms with van der Waals surface area (Å²) < 4.78 is 15.4. The molecule has 0 radical (unpaired) electrons. The Hall–Kier alpha value is -3.02. The largest absolute Gasteiger partial charge is 0.467 e. The molecule has 0 aliphatic carbocycles. The molecular weight excluding hydrogens is 322 g/mol. The van der Waals surface area contributed by atoms with Crippen LogP contribution in [0.1, 0.15) is 23.6 Å². The zero-order valence-corrected chi connectivity index (χ0v) is 13.9. The van der Waals surface area contributed by atoms with Gasteiger partial charge in [0.05, 0.1) is 7.11 Å². The van der Waals surface area contributed by atoms with Crippen LogP contribution in [0.4, 0.5) is 0 Å². The topological polar surface area (TPSA) is 73.9 Å². The summed E-state index contributed by atoms with van der Waals surface area (Å²) in [6.07, 6.45) is 0.783. The molecule has 1 atom stereocenters. The van der Waals surface area contributed by atoms with Gasteiger partial charge in [0.2, 0.25) is 12.7 Å². The molecule has 0 saturated carbocycles. The second kappa shape index (κ2) is 7.70. The Kier molecular flexibility index (Phi) is 5.18. The first-order valence-electron chi connectivity index (χ1n) is 7.98. The van der Waals surface area contributed by atoms with E-state index in [4.69, 9.17) is 14.2 Å². The highest BCUT2D eigenvalue weighted by atomic mass is 16.7. The molecule has 1 N–H and O–H groups in total. The number of nitrogens with one attached hydrogen (secondary N) is 1. The number of ether oxygens (including phenoxy) is 3. The lowest BCUT2D eigenvalue weighted by Crippen LogP contribution is -2.34. The normalized spacial score (nSPS) is 13.2. The summed E-state index contributed by atoms with van der Waals surface area (Å²) >= 11 is 0. The molecule has 25 heavy (non-hydrogen) atoms. The number of carbonyl (C=O) groups is 2. The Bertz CT molecular complexity index is 760. The van der Waals surface area contributed by atoms with Gasteiger partial charge in [-0.15, -0.1) is 0 Å². The van der Waals surface area contributed by atoms with Crippen molar-refractivity contribution < 1.29 is 23.8 Å². The van der Waals surface area contributed by atoms with Gasteiger partial charge in [-0.25, -0.2) is 4.79 Å². The highest BCUT2D eigenvalue weighted by Gasteiger charge is 2.23. The molecule has 6 heteroatoms. The van der Waals surface area contributed by atoms with Gasteiger partial charge in [0.25, 0.3) is 0 Å². The number of fused-ring (bicyclic) bond motifs is 1. The number of methoxy groups -OCH3 is 1. The summed E-state index contributed by atoms with van der Waals surface area (Å²) in [7, 11) is 1.30. The first-order valence-corrected chi connectivity index (χ1v) is 7.98. The molecule has 3 rings (SSSR count). The monoisotopic (exact) mass is 341 g/mol. The Morgan fingerprint density at radius 2 is 1.88 bits per heavy atom. The zero-order chi connectivity index (χ0) is 17.6. The third kappa shape index (κ3) is 4.09. The Morgan fingerprint density at radius 3 is 2.64 bits per heavy atom. The van der Waals surface area contributed by atoms with Crippen molar-refractivity contribution >= 4 is 11.9 Å². The van der Waals surface area contributed by atoms with Crippen LogP contribution in [0.5, 0.6) is 11.5 Å². The maximum absolute atomic E-state index is 12.3. The number of carbonyl (C=O) groups excluding carboxylic acids is 2. The van der Waals surface area contributed by atoms with E-state index in [1.807, 2.05) is 36.4 Å². The van der Waals surface area contributed by atoms with Gasteiger partial charge in [0.15, 0.2) is 17.5 Å². The molecule has 0 spiro atoms. The number of aryl methyl sites for hydroxylation is 1. The van der Waals surface area contributed by atoms with Crippen molar-refractivity contribution in [2.45, 2.75) is 18.9 Å². The van der Waals surface area contributed by atoms with E-state index >= 15 is 0 Å². The second-order valence-corrected chi connectivity index (χ2v) is 5.62. The maximum atomic E-state index is 12.3. The van der Waals surface area contributed by atoms with E-state index in [1.165, 1.54) is 7.11 Å². The van der Waals surface area contributed by atoms with E-state index in [-0.39, 0.29) is 19.1 Å². The molecule has 0 unspecified atom stereocenters. The second-order valence-electron chi connectivity index (χ2n) is 5.62. The third-order valence-corrected chi connectivity index (χ3v) is 3.95. The molecule has 0 bridgehead atoms. The van der Waals surface area contributed by atoms with Crippen molar-refractivity contribution in [2.24, 2.45) is 0 Å². The van der Waals surface area contributed by atoms with Gasteiger partial charge in [-0.05, 0) is 29.7 Å². The van der Waals surface area contributed by atoms with Gasteiger partial charge in [-0.1, -0.05) is 36.4 Å². The summed E-state index contributed by atoms with van der Waals surface area (Å²) in [5.41, 5.74) is 1.65. The SMILES string of the molecule is COC(=O)[C@H](NC(=O)CCc1ccc2c(c1)OCO2)c1ccccc1. The fraction of sp³-hybridized carbons (Fsp3) is 0.263. The van der Waals surface area contributed by atoms with Gasteiger partial charge in [-0.2, -0.15) is 0 Å². The van der Waals surface area contributed by atoms with Gasteiger partial charge < -0.3 is 19.5 Å². The maximum Gasteiger partial charge on any atom is 0.333 e. The predicted octanol–water partition coefficient (Wildman–Crippen LogP) is 2.38. The molecule has 6 nitrogen and oxygen atoms in total. The van der Waals surface area contributed by atoms with Crippen LogP contribution in [0.25, 0.3) is 0 Å². The standard InChI is InChI=1S/C19H19NO5/c1-23-19(22)18(14-5-3-2-4-6-14)20-17(21)10-8-13-7-9-15-16(11-13)25-12-24-15/h2-7,9,11,18H,8,10,12H2,1H3,(H,20,21)/t18-/m1/s1. The van der Waals surface area contributed by atoms with Gasteiger partial charge in [0.1, 0.15) is 0 Å². The predicted molar refractivity (Wildman–Crippen MR) is 90.2 cm³/mol. The number of hydrogen-bond donors (Lipinski definition) is 1. The molecule has 1 aliphatic heterocycles. The lowest BCUT2D eigenvalue weighted by molar-refractivity contribution is -0.145. The number of amides is 1. The number of esters is 1. The van der Waals surface area contributed by atoms with Crippen molar-refractivity contribution in [3.05, 3.63) is 59.7 Å². The van der Waals surface area contributed by atoms with Crippen molar-refractivity contribution in [1.82, 2.24) is 5.32 Å². The van der Waals surface area contributed by atoms with Crippen molar-refractivity contribution in [1.29, 1.82) is 0 Å². The van der Waals surface area contributed by atoms with E-state index in [2.05, 4.69) is 5.32 Å². The average Bonchev–Trinajstić information content (AvgIpc) is 3.12. The first-order chi connectivity index (χ1) is 12.2. The summed E-state index contributed by atoms with van der Waals surface area (Å²) in [6.45, 7) is 0.219. The minimum Gasteiger partial charge on any atom is -0.467 e. The first kappa shape index (κ1) is 16.8.